The summed E-state index contributed by atoms with van der Waals surface area (Å²) in [4.78, 5) is 89.4. The van der Waals surface area contributed by atoms with Crippen LogP contribution in [0.5, 0.6) is 0 Å². The van der Waals surface area contributed by atoms with Crippen molar-refractivity contribution in [1.82, 2.24) is 16.0 Å². The molecule has 1 saturated heterocycles. The number of ketones is 2. The zero-order chi connectivity index (χ0) is 54.1. The van der Waals surface area contributed by atoms with E-state index in [0.717, 1.165) is 36.5 Å². The van der Waals surface area contributed by atoms with E-state index in [1.54, 1.807) is 37.3 Å². The van der Waals surface area contributed by atoms with Crippen LogP contribution in [0, 0.1) is 22.7 Å². The minimum Gasteiger partial charge on any atom is -0.481 e. The van der Waals surface area contributed by atoms with E-state index < -0.39 is 124 Å². The lowest BCUT2D eigenvalue weighted by Gasteiger charge is -2.63. The number of alkyl halides is 2. The number of rotatable bonds is 21. The smallest absolute Gasteiger partial charge is 0.305 e. The number of thioether (sulfide) groups is 1. The van der Waals surface area contributed by atoms with E-state index in [0.29, 0.717) is 11.3 Å². The standard InChI is InChI=1S/C55H70F2N4O12S/c1-8-9-11-29(2)74-42(26-47(67)68)50(71)58-21-19-46(66)59-31(4)48(69)60-32(5)49(70)61-36-13-10-12-35(22-36)30(3)33-14-16-34(17-15-33)51-72-45-25-38-39-24-41(56)40-23-37(63)18-20-52(40,6)54(39,57)43(64)27-53(38,7)55(45,73-51)44(65)28-62/h10,12-18,20,22-23,29-32,38-39,41-43,45,51,62,64H,8-9,11,19,21,24-28H2,1-7H3,(H,58,71)(H,59,66)(H,60,69)(H,61,70)(H,67,68)/t29?,30-,31+,32+,38+,39+,41+,42?,43+,45-,51-,52+,53+,54+,55-/m1/s1. The van der Waals surface area contributed by atoms with Crippen LogP contribution in [0.2, 0.25) is 0 Å². The van der Waals surface area contributed by atoms with Gasteiger partial charge in [-0.2, -0.15) is 0 Å². The fourth-order valence-corrected chi connectivity index (χ4v) is 13.7. The first kappa shape index (κ1) is 56.4. The van der Waals surface area contributed by atoms with Gasteiger partial charge < -0.3 is 46.1 Å². The molecule has 1 aliphatic heterocycles. The number of carbonyl (C=O) groups is 7. The molecule has 0 aromatic heterocycles. The van der Waals surface area contributed by atoms with Crippen LogP contribution in [0.4, 0.5) is 14.5 Å². The Morgan fingerprint density at radius 3 is 2.30 bits per heavy atom. The molecule has 0 radical (unpaired) electrons. The predicted octanol–water partition coefficient (Wildman–Crippen LogP) is 6.09. The zero-order valence-corrected chi connectivity index (χ0v) is 43.8. The van der Waals surface area contributed by atoms with Crippen molar-refractivity contribution < 1.29 is 67.1 Å². The number of amides is 4. The van der Waals surface area contributed by atoms with Crippen molar-refractivity contribution in [3.8, 4) is 0 Å². The summed E-state index contributed by atoms with van der Waals surface area (Å²) in [5.41, 5.74) is -4.26. The summed E-state index contributed by atoms with van der Waals surface area (Å²) in [6.45, 7) is 11.2. The number of allylic oxidation sites excluding steroid dienone is 4. The molecule has 7 rings (SSSR count). The largest absolute Gasteiger partial charge is 0.481 e. The summed E-state index contributed by atoms with van der Waals surface area (Å²) in [6.07, 6.45) is 0.189. The molecule has 1 heterocycles. The van der Waals surface area contributed by atoms with E-state index in [4.69, 9.17) is 9.47 Å². The number of aliphatic hydroxyl groups excluding tert-OH is 2. The van der Waals surface area contributed by atoms with Crippen LogP contribution in [0.3, 0.4) is 0 Å². The molecule has 2 aromatic carbocycles. The van der Waals surface area contributed by atoms with Gasteiger partial charge in [0.1, 0.15) is 24.9 Å². The minimum absolute atomic E-state index is 0.00600. The maximum Gasteiger partial charge on any atom is 0.305 e. The van der Waals surface area contributed by atoms with Gasteiger partial charge in [0.15, 0.2) is 29.1 Å². The SMILES string of the molecule is CCCCC(C)SC(CC(=O)O)C(=O)NCCC(=O)N[C@@H](C)C(=O)N[C@@H](C)C(=O)Nc1cccc([C@H](C)c2ccc([C@@H]3O[C@@H]4C[C@H]5[C@@H]6C[C@H](F)C7=CC(=O)C=C[C@]7(C)[C@@]6(F)[C@@H](O)C[C@]5(C)[C@]4(C(=O)CO)O3)cc2)c1. The molecule has 0 spiro atoms. The van der Waals surface area contributed by atoms with Crippen LogP contribution in [0.1, 0.15) is 129 Å². The van der Waals surface area contributed by atoms with E-state index in [9.17, 15) is 48.9 Å². The molecule has 16 nitrogen and oxygen atoms in total. The highest BCUT2D eigenvalue weighted by Crippen LogP contribution is 2.72. The van der Waals surface area contributed by atoms with Crippen LogP contribution in [-0.4, -0.2) is 122 Å². The molecule has 4 aliphatic carbocycles. The third kappa shape index (κ3) is 10.6. The molecule has 15 atom stereocenters. The number of carbonyl (C=O) groups excluding carboxylic acids is 6. The molecule has 3 saturated carbocycles. The topological polar surface area (TPSA) is 247 Å². The van der Waals surface area contributed by atoms with Crippen molar-refractivity contribution in [1.29, 1.82) is 0 Å². The summed E-state index contributed by atoms with van der Waals surface area (Å²) in [5.74, 6) is -6.29. The number of Topliss-reactive ketones (excluding diaryl/α,β-unsaturated/α-hetero) is 1. The molecule has 7 N–H and O–H groups in total. The number of aliphatic carboxylic acids is 1. The molecule has 4 amide bonds. The van der Waals surface area contributed by atoms with Crippen LogP contribution < -0.4 is 21.3 Å². The quantitative estimate of drug-likeness (QED) is 0.0749. The second-order valence-electron chi connectivity index (χ2n) is 21.2. The minimum atomic E-state index is -2.37. The van der Waals surface area contributed by atoms with Gasteiger partial charge in [0.25, 0.3) is 0 Å². The lowest BCUT2D eigenvalue weighted by Crippen LogP contribution is -2.70. The number of halogens is 2. The second kappa shape index (κ2) is 22.5. The van der Waals surface area contributed by atoms with Crippen LogP contribution in [0.25, 0.3) is 0 Å². The Balaban J connectivity index is 0.928. The highest BCUT2D eigenvalue weighted by atomic mass is 32.2. The monoisotopic (exact) mass is 1050 g/mol. The van der Waals surface area contributed by atoms with Crippen molar-refractivity contribution in [3.05, 3.63) is 89.0 Å². The number of nitrogens with one attached hydrogen (secondary N) is 4. The average molecular weight is 1050 g/mol. The second-order valence-corrected chi connectivity index (χ2v) is 22.9. The first-order valence-corrected chi connectivity index (χ1v) is 26.6. The number of ether oxygens (including phenoxy) is 2. The third-order valence-corrected chi connectivity index (χ3v) is 17.9. The molecule has 2 unspecified atom stereocenters. The first-order valence-electron chi connectivity index (χ1n) is 25.6. The third-order valence-electron chi connectivity index (χ3n) is 16.5. The van der Waals surface area contributed by atoms with Gasteiger partial charge in [-0.1, -0.05) is 83.0 Å². The van der Waals surface area contributed by atoms with Crippen molar-refractivity contribution >= 4 is 58.6 Å². The summed E-state index contributed by atoms with van der Waals surface area (Å²) in [7, 11) is 0. The molecule has 4 fully saturated rings. The van der Waals surface area contributed by atoms with Crippen LogP contribution >= 0.6 is 11.8 Å². The van der Waals surface area contributed by atoms with E-state index in [1.165, 1.54) is 44.7 Å². The Kier molecular flexibility index (Phi) is 17.1. The number of fused-ring (bicyclic) bond motifs is 7. The number of hydrogen-bond donors (Lipinski definition) is 7. The Bertz CT molecular complexity index is 2560. The van der Waals surface area contributed by atoms with E-state index in [-0.39, 0.29) is 55.4 Å². The molecular formula is C55H70F2N4O12S. The van der Waals surface area contributed by atoms with E-state index in [2.05, 4.69) is 28.2 Å². The molecule has 2 aromatic rings. The van der Waals surface area contributed by atoms with Gasteiger partial charge in [-0.05, 0) is 93.4 Å². The summed E-state index contributed by atoms with van der Waals surface area (Å²) in [6, 6.07) is 12.5. The maximum atomic E-state index is 17.8. The molecule has 0 bridgehead atoms. The van der Waals surface area contributed by atoms with Crippen molar-refractivity contribution in [2.24, 2.45) is 22.7 Å². The predicted molar refractivity (Wildman–Crippen MR) is 272 cm³/mol. The Morgan fingerprint density at radius 1 is 0.919 bits per heavy atom. The lowest BCUT2D eigenvalue weighted by molar-refractivity contribution is -0.235. The first-order chi connectivity index (χ1) is 34.9. The molecule has 74 heavy (non-hydrogen) atoms. The van der Waals surface area contributed by atoms with Gasteiger partial charge >= 0.3 is 5.97 Å². The van der Waals surface area contributed by atoms with Crippen molar-refractivity contribution in [2.45, 2.75) is 164 Å². The fraction of sp³-hybridized carbons (Fsp3) is 0.582. The highest BCUT2D eigenvalue weighted by Gasteiger charge is 2.80. The van der Waals surface area contributed by atoms with Gasteiger partial charge in [0, 0.05) is 52.1 Å². The van der Waals surface area contributed by atoms with Crippen molar-refractivity contribution in [3.63, 3.8) is 0 Å². The summed E-state index contributed by atoms with van der Waals surface area (Å²) < 4.78 is 47.0. The van der Waals surface area contributed by atoms with Crippen LogP contribution in [-0.2, 0) is 43.0 Å². The van der Waals surface area contributed by atoms with Gasteiger partial charge in [0.05, 0.1) is 23.9 Å². The van der Waals surface area contributed by atoms with Crippen molar-refractivity contribution in [2.75, 3.05) is 18.5 Å². The van der Waals surface area contributed by atoms with Gasteiger partial charge in [-0.25, -0.2) is 8.78 Å². The Hall–Kier alpha value is -5.34. The average Bonchev–Trinajstić information content (AvgIpc) is 3.86. The Morgan fingerprint density at radius 2 is 1.62 bits per heavy atom. The van der Waals surface area contributed by atoms with Gasteiger partial charge in [-0.3, -0.25) is 33.6 Å². The molecular weight excluding hydrogens is 979 g/mol. The number of anilines is 1. The summed E-state index contributed by atoms with van der Waals surface area (Å²) >= 11 is 1.29. The van der Waals surface area contributed by atoms with Gasteiger partial charge in [-0.15, -0.1) is 11.8 Å². The number of benzene rings is 2. The summed E-state index contributed by atoms with van der Waals surface area (Å²) in [5, 5.41) is 41.4. The number of hydrogen-bond acceptors (Lipinski definition) is 12. The Labute approximate surface area is 434 Å². The maximum absolute atomic E-state index is 17.8. The van der Waals surface area contributed by atoms with E-state index >= 15 is 8.78 Å². The lowest BCUT2D eigenvalue weighted by atomic mass is 9.44. The molecule has 5 aliphatic rings. The fourth-order valence-electron chi connectivity index (χ4n) is 12.4. The number of aliphatic hydroxyl groups is 2. The number of unbranched alkanes of at least 4 members (excludes halogenated alkanes) is 1. The van der Waals surface area contributed by atoms with E-state index in [1.807, 2.05) is 32.0 Å². The van der Waals surface area contributed by atoms with Gasteiger partial charge in [0.2, 0.25) is 23.6 Å². The normalized spacial score (nSPS) is 31.7. The molecule has 402 valence electrons. The highest BCUT2D eigenvalue weighted by molar-refractivity contribution is 8.01. The molecule has 19 heteroatoms. The number of carboxylic acids is 1. The van der Waals surface area contributed by atoms with Crippen LogP contribution in [0.15, 0.2) is 72.3 Å². The zero-order valence-electron chi connectivity index (χ0n) is 43.0. The number of carboxylic acid groups (broad SMARTS) is 1.